The highest BCUT2D eigenvalue weighted by Gasteiger charge is 2.25. The topological polar surface area (TPSA) is 46.8 Å². The third-order valence-corrected chi connectivity index (χ3v) is 4.53. The van der Waals surface area contributed by atoms with E-state index in [4.69, 9.17) is 4.74 Å². The first kappa shape index (κ1) is 15.8. The number of hydrogen-bond acceptors (Lipinski definition) is 3. The standard InChI is InChI=1S/C20H21N3O2/c24-20(18-15-22-11-5-4-10-19(22)21-18)23(14-17-9-6-12-25-17)13-16-7-2-1-3-8-16/h1-5,7-8,10-11,15,17H,6,9,12-14H2/t17-/m0/s1. The molecule has 1 aliphatic heterocycles. The maximum absolute atomic E-state index is 13.1. The van der Waals surface area contributed by atoms with Gasteiger partial charge in [-0.25, -0.2) is 4.98 Å². The molecule has 1 fully saturated rings. The van der Waals surface area contributed by atoms with Gasteiger partial charge in [0.05, 0.1) is 6.10 Å². The molecule has 1 saturated heterocycles. The SMILES string of the molecule is O=C(c1cn2ccccc2n1)N(Cc1ccccc1)C[C@@H]1CCCO1. The Morgan fingerprint density at radius 3 is 2.80 bits per heavy atom. The van der Waals surface area contributed by atoms with E-state index in [1.165, 1.54) is 0 Å². The van der Waals surface area contributed by atoms with Crippen molar-refractivity contribution in [2.75, 3.05) is 13.2 Å². The van der Waals surface area contributed by atoms with Crippen LogP contribution in [0.5, 0.6) is 0 Å². The Morgan fingerprint density at radius 2 is 2.04 bits per heavy atom. The second-order valence-electron chi connectivity index (χ2n) is 6.40. The van der Waals surface area contributed by atoms with Crippen LogP contribution in [0.2, 0.25) is 0 Å². The van der Waals surface area contributed by atoms with Crippen molar-refractivity contribution in [2.45, 2.75) is 25.5 Å². The third kappa shape index (κ3) is 3.56. The van der Waals surface area contributed by atoms with Gasteiger partial charge in [0, 0.05) is 32.1 Å². The van der Waals surface area contributed by atoms with E-state index >= 15 is 0 Å². The molecule has 1 amide bonds. The lowest BCUT2D eigenvalue weighted by atomic mass is 10.1. The van der Waals surface area contributed by atoms with Crippen LogP contribution in [0.15, 0.2) is 60.9 Å². The molecule has 0 bridgehead atoms. The fraction of sp³-hybridized carbons (Fsp3) is 0.300. The largest absolute Gasteiger partial charge is 0.376 e. The second kappa shape index (κ2) is 7.07. The van der Waals surface area contributed by atoms with Gasteiger partial charge in [-0.15, -0.1) is 0 Å². The quantitative estimate of drug-likeness (QED) is 0.719. The number of ether oxygens (including phenoxy) is 1. The second-order valence-corrected chi connectivity index (χ2v) is 6.40. The molecular weight excluding hydrogens is 314 g/mol. The summed E-state index contributed by atoms with van der Waals surface area (Å²) in [6.07, 6.45) is 5.88. The first-order valence-electron chi connectivity index (χ1n) is 8.68. The van der Waals surface area contributed by atoms with Gasteiger partial charge in [0.2, 0.25) is 0 Å². The van der Waals surface area contributed by atoms with E-state index in [2.05, 4.69) is 4.98 Å². The van der Waals surface area contributed by atoms with Gasteiger partial charge in [0.15, 0.2) is 0 Å². The molecule has 1 atom stereocenters. The van der Waals surface area contributed by atoms with Crippen LogP contribution in [0.4, 0.5) is 0 Å². The fourth-order valence-electron chi connectivity index (χ4n) is 3.26. The van der Waals surface area contributed by atoms with Crippen LogP contribution in [0, 0.1) is 0 Å². The maximum Gasteiger partial charge on any atom is 0.274 e. The number of imidazole rings is 1. The van der Waals surface area contributed by atoms with Gasteiger partial charge in [-0.1, -0.05) is 36.4 Å². The van der Waals surface area contributed by atoms with Gasteiger partial charge in [-0.05, 0) is 30.5 Å². The maximum atomic E-state index is 13.1. The minimum atomic E-state index is -0.0527. The van der Waals surface area contributed by atoms with Crippen molar-refractivity contribution in [3.8, 4) is 0 Å². The van der Waals surface area contributed by atoms with Crippen molar-refractivity contribution in [3.63, 3.8) is 0 Å². The highest BCUT2D eigenvalue weighted by molar-refractivity contribution is 5.93. The minimum Gasteiger partial charge on any atom is -0.376 e. The Morgan fingerprint density at radius 1 is 1.20 bits per heavy atom. The Hall–Kier alpha value is -2.66. The number of fused-ring (bicyclic) bond motifs is 1. The summed E-state index contributed by atoms with van der Waals surface area (Å²) < 4.78 is 7.62. The number of rotatable bonds is 5. The highest BCUT2D eigenvalue weighted by Crippen LogP contribution is 2.17. The Balaban J connectivity index is 1.59. The number of aromatic nitrogens is 2. The molecule has 0 N–H and O–H groups in total. The van der Waals surface area contributed by atoms with E-state index in [1.807, 2.05) is 64.0 Å². The van der Waals surface area contributed by atoms with E-state index in [-0.39, 0.29) is 12.0 Å². The molecule has 0 aliphatic carbocycles. The molecule has 25 heavy (non-hydrogen) atoms. The fourth-order valence-corrected chi connectivity index (χ4v) is 3.26. The number of benzene rings is 1. The first-order chi connectivity index (χ1) is 12.3. The molecule has 0 unspecified atom stereocenters. The zero-order chi connectivity index (χ0) is 17.1. The predicted octanol–water partition coefficient (Wildman–Crippen LogP) is 3.16. The summed E-state index contributed by atoms with van der Waals surface area (Å²) in [5, 5.41) is 0. The lowest BCUT2D eigenvalue weighted by Crippen LogP contribution is -2.37. The van der Waals surface area contributed by atoms with Crippen molar-refractivity contribution in [1.82, 2.24) is 14.3 Å². The smallest absolute Gasteiger partial charge is 0.274 e. The Kier molecular flexibility index (Phi) is 4.48. The van der Waals surface area contributed by atoms with Crippen LogP contribution in [0.1, 0.15) is 28.9 Å². The molecule has 3 heterocycles. The monoisotopic (exact) mass is 335 g/mol. The lowest BCUT2D eigenvalue weighted by molar-refractivity contribution is 0.0503. The minimum absolute atomic E-state index is 0.0527. The Bertz CT molecular complexity index is 821. The molecule has 0 saturated carbocycles. The van der Waals surface area contributed by atoms with Gasteiger partial charge in [0.1, 0.15) is 11.3 Å². The highest BCUT2D eigenvalue weighted by atomic mass is 16.5. The normalized spacial score (nSPS) is 17.0. The number of amides is 1. The Labute approximate surface area is 146 Å². The number of pyridine rings is 1. The number of carbonyl (C=O) groups excluding carboxylic acids is 1. The van der Waals surface area contributed by atoms with E-state index in [0.29, 0.717) is 18.8 Å². The summed E-state index contributed by atoms with van der Waals surface area (Å²) in [5.41, 5.74) is 2.36. The first-order valence-corrected chi connectivity index (χ1v) is 8.68. The molecule has 2 aromatic heterocycles. The number of carbonyl (C=O) groups is 1. The summed E-state index contributed by atoms with van der Waals surface area (Å²) in [4.78, 5) is 19.4. The van der Waals surface area contributed by atoms with Crippen LogP contribution in [0.25, 0.3) is 5.65 Å². The number of nitrogens with zero attached hydrogens (tertiary/aromatic N) is 3. The van der Waals surface area contributed by atoms with Crippen LogP contribution in [0.3, 0.4) is 0 Å². The molecule has 4 rings (SSSR count). The lowest BCUT2D eigenvalue weighted by Gasteiger charge is -2.25. The summed E-state index contributed by atoms with van der Waals surface area (Å²) in [6, 6.07) is 15.8. The summed E-state index contributed by atoms with van der Waals surface area (Å²) in [5.74, 6) is -0.0527. The van der Waals surface area contributed by atoms with Gasteiger partial charge in [0.25, 0.3) is 5.91 Å². The molecule has 5 nitrogen and oxygen atoms in total. The molecule has 3 aromatic rings. The predicted molar refractivity (Wildman–Crippen MR) is 95.3 cm³/mol. The molecule has 0 spiro atoms. The third-order valence-electron chi connectivity index (χ3n) is 4.53. The van der Waals surface area contributed by atoms with Gasteiger partial charge in [-0.3, -0.25) is 4.79 Å². The average Bonchev–Trinajstić information content (AvgIpc) is 3.30. The van der Waals surface area contributed by atoms with E-state index in [1.54, 1.807) is 6.20 Å². The molecule has 1 aliphatic rings. The van der Waals surface area contributed by atoms with Crippen molar-refractivity contribution in [1.29, 1.82) is 0 Å². The van der Waals surface area contributed by atoms with Crippen molar-refractivity contribution in [3.05, 3.63) is 72.2 Å². The zero-order valence-electron chi connectivity index (χ0n) is 14.0. The van der Waals surface area contributed by atoms with Crippen LogP contribution in [-0.4, -0.2) is 39.4 Å². The van der Waals surface area contributed by atoms with Crippen molar-refractivity contribution >= 4 is 11.6 Å². The van der Waals surface area contributed by atoms with Gasteiger partial charge >= 0.3 is 0 Å². The molecule has 0 radical (unpaired) electrons. The van der Waals surface area contributed by atoms with Crippen molar-refractivity contribution < 1.29 is 9.53 Å². The molecule has 128 valence electrons. The van der Waals surface area contributed by atoms with E-state index in [9.17, 15) is 4.79 Å². The zero-order valence-corrected chi connectivity index (χ0v) is 14.0. The summed E-state index contributed by atoms with van der Waals surface area (Å²) in [6.45, 7) is 1.95. The van der Waals surface area contributed by atoms with Crippen LogP contribution < -0.4 is 0 Å². The van der Waals surface area contributed by atoms with E-state index in [0.717, 1.165) is 30.7 Å². The summed E-state index contributed by atoms with van der Waals surface area (Å²) >= 11 is 0. The van der Waals surface area contributed by atoms with Gasteiger partial charge < -0.3 is 14.0 Å². The van der Waals surface area contributed by atoms with Crippen LogP contribution in [-0.2, 0) is 11.3 Å². The number of hydrogen-bond donors (Lipinski definition) is 0. The molecule has 1 aromatic carbocycles. The van der Waals surface area contributed by atoms with Gasteiger partial charge in [-0.2, -0.15) is 0 Å². The van der Waals surface area contributed by atoms with E-state index < -0.39 is 0 Å². The molecular formula is C20H21N3O2. The van der Waals surface area contributed by atoms with Crippen LogP contribution >= 0.6 is 0 Å². The summed E-state index contributed by atoms with van der Waals surface area (Å²) in [7, 11) is 0. The van der Waals surface area contributed by atoms with Crippen molar-refractivity contribution in [2.24, 2.45) is 0 Å². The average molecular weight is 335 g/mol. The molecule has 5 heteroatoms.